The highest BCUT2D eigenvalue weighted by Crippen LogP contribution is 1.98. The third-order valence-corrected chi connectivity index (χ3v) is 3.34. The largest absolute Gasteiger partial charge is 0.469 e. The Bertz CT molecular complexity index is 476. The van der Waals surface area contributed by atoms with Crippen molar-refractivity contribution in [2.24, 2.45) is 0 Å². The molecule has 0 aliphatic carbocycles. The lowest BCUT2D eigenvalue weighted by Gasteiger charge is -1.93. The Morgan fingerprint density at radius 1 is 0.640 bits per heavy atom. The van der Waals surface area contributed by atoms with Crippen LogP contribution >= 0.6 is 0 Å². The summed E-state index contributed by atoms with van der Waals surface area (Å²) in [5, 5.41) is 0. The molecule has 0 aliphatic heterocycles. The molecule has 0 fully saturated rings. The summed E-state index contributed by atoms with van der Waals surface area (Å²) >= 11 is 0. The minimum absolute atomic E-state index is 0.153. The van der Waals surface area contributed by atoms with Crippen LogP contribution < -0.4 is 0 Å². The molecule has 0 bridgehead atoms. The number of carbonyl (C=O) groups excluding carboxylic acids is 1. The molecule has 0 aromatic heterocycles. The second kappa shape index (κ2) is 20.0. The number of allylic oxidation sites excluding steroid dienone is 12. The number of ether oxygens (including phenoxy) is 1. The molecule has 0 amide bonds. The van der Waals surface area contributed by atoms with Gasteiger partial charge in [0.2, 0.25) is 0 Å². The highest BCUT2D eigenvalue weighted by molar-refractivity contribution is 5.69. The van der Waals surface area contributed by atoms with Gasteiger partial charge in [-0.3, -0.25) is 4.79 Å². The van der Waals surface area contributed by atoms with E-state index in [4.69, 9.17) is 0 Å². The van der Waals surface area contributed by atoms with Crippen LogP contribution in [0.25, 0.3) is 0 Å². The van der Waals surface area contributed by atoms with Gasteiger partial charge in [0.15, 0.2) is 0 Å². The molecular formula is C23H34O2. The Labute approximate surface area is 154 Å². The molecule has 138 valence electrons. The van der Waals surface area contributed by atoms with Gasteiger partial charge in [0.1, 0.15) is 0 Å². The lowest BCUT2D eigenvalue weighted by atomic mass is 10.2. The van der Waals surface area contributed by atoms with E-state index in [9.17, 15) is 4.79 Å². The lowest BCUT2D eigenvalue weighted by molar-refractivity contribution is -0.140. The van der Waals surface area contributed by atoms with Gasteiger partial charge in [-0.1, -0.05) is 79.8 Å². The third kappa shape index (κ3) is 19.9. The fraction of sp³-hybridized carbons (Fsp3) is 0.435. The van der Waals surface area contributed by atoms with Crippen LogP contribution in [0.5, 0.6) is 0 Å². The van der Waals surface area contributed by atoms with Crippen molar-refractivity contribution in [3.8, 4) is 0 Å². The minimum Gasteiger partial charge on any atom is -0.469 e. The van der Waals surface area contributed by atoms with Crippen LogP contribution in [0.3, 0.4) is 0 Å². The number of carbonyl (C=O) groups is 1. The summed E-state index contributed by atoms with van der Waals surface area (Å²) in [4.78, 5) is 10.9. The molecule has 0 radical (unpaired) electrons. The van der Waals surface area contributed by atoms with Crippen LogP contribution in [0.4, 0.5) is 0 Å². The molecule has 0 spiro atoms. The predicted octanol–water partition coefficient (Wildman–Crippen LogP) is 6.64. The summed E-state index contributed by atoms with van der Waals surface area (Å²) in [7, 11) is 1.42. The monoisotopic (exact) mass is 342 g/mol. The Balaban J connectivity index is 3.53. The molecule has 0 saturated heterocycles. The van der Waals surface area contributed by atoms with Gasteiger partial charge in [0, 0.05) is 6.42 Å². The van der Waals surface area contributed by atoms with Crippen molar-refractivity contribution in [2.45, 2.75) is 58.3 Å². The summed E-state index contributed by atoms with van der Waals surface area (Å²) < 4.78 is 4.58. The summed E-state index contributed by atoms with van der Waals surface area (Å²) in [6.45, 7) is 2.15. The fourth-order valence-corrected chi connectivity index (χ4v) is 1.94. The zero-order chi connectivity index (χ0) is 18.4. The van der Waals surface area contributed by atoms with E-state index in [1.54, 1.807) is 0 Å². The first-order chi connectivity index (χ1) is 12.3. The van der Waals surface area contributed by atoms with Crippen LogP contribution in [0.15, 0.2) is 72.9 Å². The average molecular weight is 343 g/mol. The number of methoxy groups -OCH3 is 1. The maximum Gasteiger partial charge on any atom is 0.305 e. The standard InChI is InChI=1S/C23H34O2/c1-3-4-5-6-7-8-9-10-11-12-13-14-15-16-17-18-19-20-21-22-23(24)25-2/h4-5,7-8,10-11,13-14,16-17,19-20H,3,6,9,12,15,18,21-22H2,1-2H3/b5-4-,8-7-,11-10-,14-13-,17-16-,20-19-. The topological polar surface area (TPSA) is 26.3 Å². The average Bonchev–Trinajstić information content (AvgIpc) is 2.63. The van der Waals surface area contributed by atoms with Gasteiger partial charge in [-0.05, 0) is 44.9 Å². The van der Waals surface area contributed by atoms with E-state index in [1.165, 1.54) is 7.11 Å². The second-order valence-corrected chi connectivity index (χ2v) is 5.53. The van der Waals surface area contributed by atoms with Crippen molar-refractivity contribution < 1.29 is 9.53 Å². The SMILES string of the molecule is CC/C=C\C/C=C\C/C=C\C/C=C\C/C=C\C/C=C\CCC(=O)OC. The van der Waals surface area contributed by atoms with Crippen molar-refractivity contribution in [1.29, 1.82) is 0 Å². The molecule has 0 aromatic carbocycles. The molecule has 2 nitrogen and oxygen atoms in total. The molecule has 0 unspecified atom stereocenters. The number of rotatable bonds is 14. The van der Waals surface area contributed by atoms with E-state index in [0.29, 0.717) is 6.42 Å². The summed E-state index contributed by atoms with van der Waals surface area (Å²) in [5.74, 6) is -0.153. The van der Waals surface area contributed by atoms with Crippen molar-refractivity contribution in [1.82, 2.24) is 0 Å². The quantitative estimate of drug-likeness (QED) is 0.261. The molecule has 0 rings (SSSR count). The first kappa shape index (κ1) is 22.9. The van der Waals surface area contributed by atoms with E-state index >= 15 is 0 Å². The van der Waals surface area contributed by atoms with Crippen LogP contribution in [0, 0.1) is 0 Å². The molecule has 0 N–H and O–H groups in total. The van der Waals surface area contributed by atoms with Crippen LogP contribution in [0.2, 0.25) is 0 Å². The number of esters is 1. The summed E-state index contributed by atoms with van der Waals surface area (Å²) in [6, 6.07) is 0. The van der Waals surface area contributed by atoms with E-state index in [0.717, 1.165) is 44.9 Å². The van der Waals surface area contributed by atoms with Gasteiger partial charge >= 0.3 is 5.97 Å². The van der Waals surface area contributed by atoms with Gasteiger partial charge in [-0.25, -0.2) is 0 Å². The van der Waals surface area contributed by atoms with Crippen molar-refractivity contribution in [2.75, 3.05) is 7.11 Å². The van der Waals surface area contributed by atoms with Gasteiger partial charge < -0.3 is 4.74 Å². The van der Waals surface area contributed by atoms with E-state index in [-0.39, 0.29) is 5.97 Å². The molecule has 2 heteroatoms. The molecule has 0 saturated carbocycles. The van der Waals surface area contributed by atoms with Crippen LogP contribution in [-0.2, 0) is 9.53 Å². The van der Waals surface area contributed by atoms with Crippen molar-refractivity contribution >= 4 is 5.97 Å². The van der Waals surface area contributed by atoms with Crippen molar-refractivity contribution in [3.63, 3.8) is 0 Å². The van der Waals surface area contributed by atoms with E-state index in [1.807, 2.05) is 6.08 Å². The second-order valence-electron chi connectivity index (χ2n) is 5.53. The van der Waals surface area contributed by atoms with Crippen LogP contribution in [-0.4, -0.2) is 13.1 Å². The van der Waals surface area contributed by atoms with Crippen molar-refractivity contribution in [3.05, 3.63) is 72.9 Å². The predicted molar refractivity (Wildman–Crippen MR) is 109 cm³/mol. The Hall–Kier alpha value is -2.09. The maximum atomic E-state index is 10.9. The van der Waals surface area contributed by atoms with Gasteiger partial charge in [0.25, 0.3) is 0 Å². The molecule has 0 heterocycles. The normalized spacial score (nSPS) is 12.9. The Morgan fingerprint density at radius 2 is 1.00 bits per heavy atom. The fourth-order valence-electron chi connectivity index (χ4n) is 1.94. The molecule has 0 aliphatic rings. The Kier molecular flexibility index (Phi) is 18.3. The van der Waals surface area contributed by atoms with Gasteiger partial charge in [-0.15, -0.1) is 0 Å². The van der Waals surface area contributed by atoms with E-state index in [2.05, 4.69) is 78.5 Å². The molecule has 0 atom stereocenters. The summed E-state index contributed by atoms with van der Waals surface area (Å²) in [5.41, 5.74) is 0. The number of hydrogen-bond acceptors (Lipinski definition) is 2. The van der Waals surface area contributed by atoms with Gasteiger partial charge in [0.05, 0.1) is 7.11 Å². The first-order valence-electron chi connectivity index (χ1n) is 9.28. The first-order valence-corrected chi connectivity index (χ1v) is 9.28. The zero-order valence-corrected chi connectivity index (χ0v) is 15.9. The highest BCUT2D eigenvalue weighted by atomic mass is 16.5. The number of hydrogen-bond donors (Lipinski definition) is 0. The summed E-state index contributed by atoms with van der Waals surface area (Å²) in [6.07, 6.45) is 33.3. The highest BCUT2D eigenvalue weighted by Gasteiger charge is 1.94. The minimum atomic E-state index is -0.153. The lowest BCUT2D eigenvalue weighted by Crippen LogP contribution is -1.97. The van der Waals surface area contributed by atoms with Crippen LogP contribution in [0.1, 0.15) is 58.3 Å². The Morgan fingerprint density at radius 3 is 1.36 bits per heavy atom. The molecule has 0 aromatic rings. The zero-order valence-electron chi connectivity index (χ0n) is 15.9. The van der Waals surface area contributed by atoms with Gasteiger partial charge in [-0.2, -0.15) is 0 Å². The molecule has 25 heavy (non-hydrogen) atoms. The molecular weight excluding hydrogens is 308 g/mol. The smallest absolute Gasteiger partial charge is 0.305 e. The van der Waals surface area contributed by atoms with E-state index < -0.39 is 0 Å². The third-order valence-electron chi connectivity index (χ3n) is 3.34. The maximum absolute atomic E-state index is 10.9.